The highest BCUT2D eigenvalue weighted by atomic mass is 31.1. The van der Waals surface area contributed by atoms with Crippen molar-refractivity contribution >= 4 is 7.80 Å². The average molecular weight is 201 g/mol. The molecule has 0 spiro atoms. The van der Waals surface area contributed by atoms with E-state index in [2.05, 4.69) is 20.8 Å². The van der Waals surface area contributed by atoms with Gasteiger partial charge in [-0.1, -0.05) is 31.8 Å². The normalized spacial score (nSPS) is 21.6. The molecule has 0 heterocycles. The topological polar surface area (TPSA) is 17.1 Å². The van der Waals surface area contributed by atoms with Gasteiger partial charge in [0.1, 0.15) is 0 Å². The Morgan fingerprint density at radius 1 is 1.15 bits per heavy atom. The van der Waals surface area contributed by atoms with Crippen molar-refractivity contribution in [2.24, 2.45) is 5.41 Å². The van der Waals surface area contributed by atoms with Crippen LogP contribution in [0.4, 0.5) is 0 Å². The summed E-state index contributed by atoms with van der Waals surface area (Å²) in [6, 6.07) is 0. The Hall–Kier alpha value is 0.100. The number of rotatable bonds is 2. The molecule has 1 aliphatic carbocycles. The van der Waals surface area contributed by atoms with E-state index in [9.17, 15) is 4.57 Å². The third-order valence-corrected chi connectivity index (χ3v) is 5.20. The van der Waals surface area contributed by atoms with E-state index in [0.29, 0.717) is 5.66 Å². The molecule has 1 atom stereocenters. The van der Waals surface area contributed by atoms with Crippen molar-refractivity contribution in [3.05, 3.63) is 0 Å². The van der Waals surface area contributed by atoms with Crippen LogP contribution in [0.5, 0.6) is 0 Å². The SMILES string of the molecule is CC(C)(C)C[P+](=O)C1CCCCC1. The molecule has 0 aliphatic heterocycles. The highest BCUT2D eigenvalue weighted by Gasteiger charge is 2.35. The van der Waals surface area contributed by atoms with Crippen LogP contribution in [-0.4, -0.2) is 11.8 Å². The smallest absolute Gasteiger partial charge is 0.0745 e. The van der Waals surface area contributed by atoms with E-state index in [1.807, 2.05) is 0 Å². The molecule has 0 N–H and O–H groups in total. The van der Waals surface area contributed by atoms with Gasteiger partial charge in [-0.15, -0.1) is 0 Å². The maximum Gasteiger partial charge on any atom is 0.342 e. The van der Waals surface area contributed by atoms with Gasteiger partial charge in [0.15, 0.2) is 11.8 Å². The monoisotopic (exact) mass is 201 g/mol. The van der Waals surface area contributed by atoms with Crippen LogP contribution < -0.4 is 0 Å². The van der Waals surface area contributed by atoms with Crippen molar-refractivity contribution in [3.63, 3.8) is 0 Å². The minimum Gasteiger partial charge on any atom is -0.0745 e. The lowest BCUT2D eigenvalue weighted by Gasteiger charge is -2.17. The molecule has 1 aliphatic rings. The molecule has 1 nitrogen and oxygen atoms in total. The lowest BCUT2D eigenvalue weighted by molar-refractivity contribution is 0.449. The van der Waals surface area contributed by atoms with Crippen LogP contribution in [0.25, 0.3) is 0 Å². The van der Waals surface area contributed by atoms with Crippen molar-refractivity contribution in [2.45, 2.75) is 58.5 Å². The Balaban J connectivity index is 2.38. The first-order valence-corrected chi connectivity index (χ1v) is 6.94. The minimum absolute atomic E-state index is 0.241. The van der Waals surface area contributed by atoms with Gasteiger partial charge < -0.3 is 0 Å². The van der Waals surface area contributed by atoms with Crippen molar-refractivity contribution in [1.82, 2.24) is 0 Å². The fraction of sp³-hybridized carbons (Fsp3) is 1.00. The summed E-state index contributed by atoms with van der Waals surface area (Å²) in [6.07, 6.45) is 7.30. The van der Waals surface area contributed by atoms with E-state index in [0.717, 1.165) is 6.16 Å². The second-order valence-corrected chi connectivity index (χ2v) is 7.31. The molecule has 0 aromatic carbocycles. The lowest BCUT2D eigenvalue weighted by atomic mass is 10.00. The van der Waals surface area contributed by atoms with Gasteiger partial charge >= 0.3 is 7.80 Å². The molecule has 1 fully saturated rings. The minimum atomic E-state index is -0.937. The van der Waals surface area contributed by atoms with E-state index >= 15 is 0 Å². The molecule has 1 rings (SSSR count). The Labute approximate surface area is 83.1 Å². The lowest BCUT2D eigenvalue weighted by Crippen LogP contribution is -2.15. The summed E-state index contributed by atoms with van der Waals surface area (Å²) >= 11 is 0. The summed E-state index contributed by atoms with van der Waals surface area (Å²) in [5.41, 5.74) is 0.785. The number of hydrogen-bond acceptors (Lipinski definition) is 1. The molecule has 76 valence electrons. The summed E-state index contributed by atoms with van der Waals surface area (Å²) in [5.74, 6) is 0. The molecule has 0 aromatic rings. The molecule has 1 unspecified atom stereocenters. The van der Waals surface area contributed by atoms with Gasteiger partial charge in [0.25, 0.3) is 0 Å². The third-order valence-electron chi connectivity index (χ3n) is 2.61. The second-order valence-electron chi connectivity index (χ2n) is 5.43. The first kappa shape index (κ1) is 11.2. The van der Waals surface area contributed by atoms with E-state index in [4.69, 9.17) is 0 Å². The van der Waals surface area contributed by atoms with Crippen LogP contribution in [0.15, 0.2) is 0 Å². The summed E-state index contributed by atoms with van der Waals surface area (Å²) in [7, 11) is -0.937. The largest absolute Gasteiger partial charge is 0.342 e. The van der Waals surface area contributed by atoms with E-state index in [1.54, 1.807) is 0 Å². The molecular formula is C11H22OP+. The van der Waals surface area contributed by atoms with Crippen molar-refractivity contribution < 1.29 is 4.57 Å². The van der Waals surface area contributed by atoms with Crippen molar-refractivity contribution in [2.75, 3.05) is 6.16 Å². The average Bonchev–Trinajstić information content (AvgIpc) is 2.03. The molecule has 2 heteroatoms. The predicted molar refractivity (Wildman–Crippen MR) is 58.8 cm³/mol. The van der Waals surface area contributed by atoms with Crippen LogP contribution in [0.2, 0.25) is 0 Å². The van der Waals surface area contributed by atoms with Gasteiger partial charge in [0, 0.05) is 5.41 Å². The van der Waals surface area contributed by atoms with Gasteiger partial charge in [-0.2, -0.15) is 0 Å². The van der Waals surface area contributed by atoms with E-state index in [1.165, 1.54) is 32.1 Å². The second kappa shape index (κ2) is 4.55. The van der Waals surface area contributed by atoms with Gasteiger partial charge in [-0.05, 0) is 25.7 Å². The summed E-state index contributed by atoms with van der Waals surface area (Å²) < 4.78 is 12.0. The van der Waals surface area contributed by atoms with Gasteiger partial charge in [-0.3, -0.25) is 0 Å². The quantitative estimate of drug-likeness (QED) is 0.612. The van der Waals surface area contributed by atoms with Crippen molar-refractivity contribution in [1.29, 1.82) is 0 Å². The van der Waals surface area contributed by atoms with E-state index in [-0.39, 0.29) is 5.41 Å². The first-order chi connectivity index (χ1) is 5.99. The fourth-order valence-corrected chi connectivity index (χ4v) is 4.10. The molecule has 0 radical (unpaired) electrons. The van der Waals surface area contributed by atoms with Crippen molar-refractivity contribution in [3.8, 4) is 0 Å². The number of hydrogen-bond donors (Lipinski definition) is 0. The zero-order valence-electron chi connectivity index (χ0n) is 9.18. The third kappa shape index (κ3) is 4.22. The van der Waals surface area contributed by atoms with E-state index < -0.39 is 7.80 Å². The highest BCUT2D eigenvalue weighted by molar-refractivity contribution is 7.45. The molecule has 0 saturated heterocycles. The predicted octanol–water partition coefficient (Wildman–Crippen LogP) is 4.19. The summed E-state index contributed by atoms with van der Waals surface area (Å²) in [5, 5.41) is 0. The maximum atomic E-state index is 12.0. The molecule has 0 aromatic heterocycles. The summed E-state index contributed by atoms with van der Waals surface area (Å²) in [4.78, 5) is 0. The molecule has 0 bridgehead atoms. The van der Waals surface area contributed by atoms with Gasteiger partial charge in [0.2, 0.25) is 0 Å². The Morgan fingerprint density at radius 3 is 2.15 bits per heavy atom. The fourth-order valence-electron chi connectivity index (χ4n) is 1.97. The Kier molecular flexibility index (Phi) is 3.91. The standard InChI is InChI=1S/C11H22OP/c1-11(2,3)9-13(12)10-7-5-4-6-8-10/h10H,4-9H2,1-3H3/q+1. The van der Waals surface area contributed by atoms with Crippen LogP contribution >= 0.6 is 7.80 Å². The molecular weight excluding hydrogens is 179 g/mol. The molecule has 1 saturated carbocycles. The summed E-state index contributed by atoms with van der Waals surface area (Å²) in [6.45, 7) is 6.55. The molecule has 0 amide bonds. The Bertz CT molecular complexity index is 175. The highest BCUT2D eigenvalue weighted by Crippen LogP contribution is 2.42. The van der Waals surface area contributed by atoms with Gasteiger partial charge in [-0.25, -0.2) is 0 Å². The van der Waals surface area contributed by atoms with Crippen LogP contribution in [0.1, 0.15) is 52.9 Å². The Morgan fingerprint density at radius 2 is 1.69 bits per heavy atom. The zero-order valence-corrected chi connectivity index (χ0v) is 10.1. The first-order valence-electron chi connectivity index (χ1n) is 5.43. The van der Waals surface area contributed by atoms with Crippen LogP contribution in [-0.2, 0) is 4.57 Å². The van der Waals surface area contributed by atoms with Crippen LogP contribution in [0, 0.1) is 5.41 Å². The molecule has 13 heavy (non-hydrogen) atoms. The van der Waals surface area contributed by atoms with Gasteiger partial charge in [0.05, 0.1) is 0 Å². The van der Waals surface area contributed by atoms with Crippen LogP contribution in [0.3, 0.4) is 0 Å². The zero-order chi connectivity index (χ0) is 9.90. The maximum absolute atomic E-state index is 12.0.